The van der Waals surface area contributed by atoms with E-state index in [-0.39, 0.29) is 10.8 Å². The van der Waals surface area contributed by atoms with Crippen molar-refractivity contribution in [3.05, 3.63) is 53.7 Å². The lowest BCUT2D eigenvalue weighted by Gasteiger charge is -2.33. The lowest BCUT2D eigenvalue weighted by molar-refractivity contribution is 0.0592. The van der Waals surface area contributed by atoms with Gasteiger partial charge in [-0.25, -0.2) is 8.42 Å². The zero-order valence-electron chi connectivity index (χ0n) is 16.7. The summed E-state index contributed by atoms with van der Waals surface area (Å²) in [4.78, 5) is 16.7. The van der Waals surface area contributed by atoms with Crippen LogP contribution >= 0.6 is 0 Å². The summed E-state index contributed by atoms with van der Waals surface area (Å²) >= 11 is 0. The number of aromatic nitrogens is 4. The number of hydrogen-bond donors (Lipinski definition) is 0. The molecular formula is C19H22N6O4S. The van der Waals surface area contributed by atoms with Gasteiger partial charge in [0.1, 0.15) is 5.76 Å². The minimum absolute atomic E-state index is 0.0986. The van der Waals surface area contributed by atoms with Crippen LogP contribution in [0.3, 0.4) is 0 Å². The molecule has 1 aliphatic heterocycles. The van der Waals surface area contributed by atoms with Crippen molar-refractivity contribution in [2.75, 3.05) is 32.4 Å². The van der Waals surface area contributed by atoms with Crippen LogP contribution in [0.25, 0.3) is 5.69 Å². The Morgan fingerprint density at radius 2 is 1.77 bits per heavy atom. The summed E-state index contributed by atoms with van der Waals surface area (Å²) in [6, 6.07) is 9.92. The molecule has 4 rings (SSSR count). The van der Waals surface area contributed by atoms with Gasteiger partial charge in [0.15, 0.2) is 21.4 Å². The van der Waals surface area contributed by atoms with Crippen LogP contribution in [0, 0.1) is 6.92 Å². The van der Waals surface area contributed by atoms with E-state index in [0.717, 1.165) is 0 Å². The van der Waals surface area contributed by atoms with E-state index in [4.69, 9.17) is 4.42 Å². The molecule has 30 heavy (non-hydrogen) atoms. The number of carbonyl (C=O) groups excluding carboxylic acids is 1. The first-order valence-corrected chi connectivity index (χ1v) is 11.4. The van der Waals surface area contributed by atoms with Crippen molar-refractivity contribution >= 4 is 15.7 Å². The molecule has 1 fully saturated rings. The van der Waals surface area contributed by atoms with Crippen LogP contribution in [0.5, 0.6) is 0 Å². The predicted octanol–water partition coefficient (Wildman–Crippen LogP) is 0.925. The molecule has 0 atom stereocenters. The fourth-order valence-electron chi connectivity index (χ4n) is 3.35. The number of nitrogens with zero attached hydrogens (tertiary/aromatic N) is 6. The molecule has 1 saturated heterocycles. The molecule has 0 spiro atoms. The zero-order chi connectivity index (χ0) is 21.3. The van der Waals surface area contributed by atoms with Gasteiger partial charge in [-0.1, -0.05) is 0 Å². The Morgan fingerprint density at radius 3 is 2.37 bits per heavy atom. The summed E-state index contributed by atoms with van der Waals surface area (Å²) in [5.74, 6) is 1.62. The lowest BCUT2D eigenvalue weighted by Crippen LogP contribution is -2.48. The first-order valence-electron chi connectivity index (χ1n) is 9.47. The van der Waals surface area contributed by atoms with E-state index >= 15 is 0 Å². The quantitative estimate of drug-likeness (QED) is 0.587. The third-order valence-electron chi connectivity index (χ3n) is 5.02. The number of amides is 1. The molecule has 0 aliphatic carbocycles. The SMILES string of the molecule is Cc1ccc(C(=O)N2CCN(Cc3nnnn3-c3ccc(S(C)(=O)=O)cc3)CC2)o1. The van der Waals surface area contributed by atoms with Crippen LogP contribution < -0.4 is 0 Å². The first kappa shape index (κ1) is 20.2. The molecule has 0 unspecified atom stereocenters. The average Bonchev–Trinajstić information content (AvgIpc) is 3.36. The number of aryl methyl sites for hydroxylation is 1. The molecule has 0 saturated carbocycles. The summed E-state index contributed by atoms with van der Waals surface area (Å²) in [7, 11) is -3.26. The highest BCUT2D eigenvalue weighted by molar-refractivity contribution is 7.90. The minimum atomic E-state index is -3.26. The van der Waals surface area contributed by atoms with Gasteiger partial charge in [0, 0.05) is 32.4 Å². The van der Waals surface area contributed by atoms with Crippen molar-refractivity contribution in [3.63, 3.8) is 0 Å². The molecule has 2 aromatic heterocycles. The number of hydrogen-bond acceptors (Lipinski definition) is 8. The smallest absolute Gasteiger partial charge is 0.289 e. The van der Waals surface area contributed by atoms with Gasteiger partial charge in [0.25, 0.3) is 5.91 Å². The second-order valence-electron chi connectivity index (χ2n) is 7.25. The van der Waals surface area contributed by atoms with Crippen molar-refractivity contribution in [2.45, 2.75) is 18.4 Å². The van der Waals surface area contributed by atoms with Gasteiger partial charge in [-0.05, 0) is 53.7 Å². The maximum absolute atomic E-state index is 12.5. The van der Waals surface area contributed by atoms with Crippen molar-refractivity contribution in [1.29, 1.82) is 0 Å². The standard InChI is InChI=1S/C19H22N6O4S/c1-14-3-8-17(29-14)19(26)24-11-9-23(10-12-24)13-18-20-21-22-25(18)15-4-6-16(7-5-15)30(2,27)28/h3-8H,9-13H2,1-2H3. The molecule has 0 radical (unpaired) electrons. The Bertz CT molecular complexity index is 1140. The first-order chi connectivity index (χ1) is 14.3. The number of benzene rings is 1. The van der Waals surface area contributed by atoms with E-state index < -0.39 is 9.84 Å². The van der Waals surface area contributed by atoms with E-state index in [0.29, 0.717) is 55.8 Å². The zero-order valence-corrected chi connectivity index (χ0v) is 17.5. The second-order valence-corrected chi connectivity index (χ2v) is 9.27. The lowest BCUT2D eigenvalue weighted by atomic mass is 10.2. The van der Waals surface area contributed by atoms with Gasteiger partial charge in [0.05, 0.1) is 17.1 Å². The number of sulfone groups is 1. The predicted molar refractivity (Wildman–Crippen MR) is 107 cm³/mol. The van der Waals surface area contributed by atoms with Crippen LogP contribution in [0.4, 0.5) is 0 Å². The van der Waals surface area contributed by atoms with Crippen molar-refractivity contribution < 1.29 is 17.6 Å². The van der Waals surface area contributed by atoms with Crippen LogP contribution in [0.2, 0.25) is 0 Å². The van der Waals surface area contributed by atoms with Gasteiger partial charge in [-0.15, -0.1) is 5.10 Å². The summed E-state index contributed by atoms with van der Waals surface area (Å²) < 4.78 is 30.3. The van der Waals surface area contributed by atoms with Crippen molar-refractivity contribution in [3.8, 4) is 5.69 Å². The van der Waals surface area contributed by atoms with Crippen LogP contribution in [0.1, 0.15) is 22.1 Å². The van der Waals surface area contributed by atoms with Crippen molar-refractivity contribution in [1.82, 2.24) is 30.0 Å². The monoisotopic (exact) mass is 430 g/mol. The third-order valence-corrected chi connectivity index (χ3v) is 6.15. The van der Waals surface area contributed by atoms with Crippen LogP contribution in [-0.2, 0) is 16.4 Å². The Balaban J connectivity index is 1.40. The fraction of sp³-hybridized carbons (Fsp3) is 0.368. The Kier molecular flexibility index (Phi) is 5.39. The topological polar surface area (TPSA) is 114 Å². The molecule has 3 aromatic rings. The van der Waals surface area contributed by atoms with Crippen LogP contribution in [0.15, 0.2) is 45.7 Å². The molecule has 0 bridgehead atoms. The Hall–Kier alpha value is -3.05. The number of carbonyl (C=O) groups is 1. The average molecular weight is 430 g/mol. The molecule has 158 valence electrons. The molecule has 1 aromatic carbocycles. The molecule has 11 heteroatoms. The van der Waals surface area contributed by atoms with Crippen molar-refractivity contribution in [2.24, 2.45) is 0 Å². The molecule has 1 amide bonds. The van der Waals surface area contributed by atoms with Gasteiger partial charge >= 0.3 is 0 Å². The second kappa shape index (κ2) is 8.00. The number of furan rings is 1. The van der Waals surface area contributed by atoms with E-state index in [1.54, 1.807) is 33.8 Å². The molecule has 10 nitrogen and oxygen atoms in total. The van der Waals surface area contributed by atoms with Gasteiger partial charge in [-0.2, -0.15) is 4.68 Å². The van der Waals surface area contributed by atoms with Crippen LogP contribution in [-0.4, -0.2) is 76.8 Å². The normalized spacial score (nSPS) is 15.5. The maximum Gasteiger partial charge on any atom is 0.289 e. The summed E-state index contributed by atoms with van der Waals surface area (Å²) in [5, 5.41) is 11.9. The largest absolute Gasteiger partial charge is 0.456 e. The maximum atomic E-state index is 12.5. The van der Waals surface area contributed by atoms with Gasteiger partial charge in [-0.3, -0.25) is 9.69 Å². The summed E-state index contributed by atoms with van der Waals surface area (Å²) in [5.41, 5.74) is 0.685. The molecule has 1 aliphatic rings. The Morgan fingerprint density at radius 1 is 1.07 bits per heavy atom. The van der Waals surface area contributed by atoms with Gasteiger partial charge < -0.3 is 9.32 Å². The minimum Gasteiger partial charge on any atom is -0.456 e. The van der Waals surface area contributed by atoms with Gasteiger partial charge in [0.2, 0.25) is 0 Å². The molecular weight excluding hydrogens is 408 g/mol. The van der Waals surface area contributed by atoms with E-state index in [1.807, 2.05) is 6.92 Å². The van der Waals surface area contributed by atoms with E-state index in [1.165, 1.54) is 18.4 Å². The molecule has 0 N–H and O–H groups in total. The summed E-state index contributed by atoms with van der Waals surface area (Å²) in [6.45, 7) is 4.87. The highest BCUT2D eigenvalue weighted by Gasteiger charge is 2.25. The van der Waals surface area contributed by atoms with E-state index in [9.17, 15) is 13.2 Å². The highest BCUT2D eigenvalue weighted by atomic mass is 32.2. The number of rotatable bonds is 5. The number of piperazine rings is 1. The summed E-state index contributed by atoms with van der Waals surface area (Å²) in [6.07, 6.45) is 1.17. The molecule has 3 heterocycles. The van der Waals surface area contributed by atoms with E-state index in [2.05, 4.69) is 20.4 Å². The Labute approximate surface area is 174 Å². The highest BCUT2D eigenvalue weighted by Crippen LogP contribution is 2.16. The fourth-order valence-corrected chi connectivity index (χ4v) is 3.98. The number of tetrazole rings is 1. The third kappa shape index (κ3) is 4.26.